The highest BCUT2D eigenvalue weighted by molar-refractivity contribution is 6.27. The Labute approximate surface area is 153 Å². The number of hydrogen-bond donors (Lipinski definition) is 2. The number of ether oxygens (including phenoxy) is 4. The van der Waals surface area contributed by atoms with Gasteiger partial charge in [-0.15, -0.1) is 0 Å². The molecule has 0 bridgehead atoms. The van der Waals surface area contributed by atoms with E-state index in [2.05, 4.69) is 22.1 Å². The van der Waals surface area contributed by atoms with Crippen molar-refractivity contribution in [1.82, 2.24) is 9.97 Å². The van der Waals surface area contributed by atoms with E-state index in [-0.39, 0.29) is 6.79 Å². The smallest absolute Gasteiger partial charge is 0.231 e. The van der Waals surface area contributed by atoms with E-state index in [1.54, 1.807) is 14.2 Å². The van der Waals surface area contributed by atoms with E-state index in [9.17, 15) is 0 Å². The molecule has 134 valence electrons. The Hall–Kier alpha value is -3.54. The van der Waals surface area contributed by atoms with E-state index < -0.39 is 0 Å². The van der Waals surface area contributed by atoms with Gasteiger partial charge in [-0.1, -0.05) is 18.2 Å². The van der Waals surface area contributed by atoms with Crippen molar-refractivity contribution >= 4 is 43.6 Å². The summed E-state index contributed by atoms with van der Waals surface area (Å²) in [6.07, 6.45) is 0. The average Bonchev–Trinajstić information content (AvgIpc) is 3.40. The first-order chi connectivity index (χ1) is 13.3. The summed E-state index contributed by atoms with van der Waals surface area (Å²) in [7, 11) is 3.31. The summed E-state index contributed by atoms with van der Waals surface area (Å²) in [5, 5.41) is 4.05. The van der Waals surface area contributed by atoms with Gasteiger partial charge in [0, 0.05) is 23.0 Å². The molecule has 2 N–H and O–H groups in total. The van der Waals surface area contributed by atoms with Gasteiger partial charge in [-0.25, -0.2) is 0 Å². The molecule has 0 saturated heterocycles. The van der Waals surface area contributed by atoms with Gasteiger partial charge in [0.15, 0.2) is 11.5 Å². The van der Waals surface area contributed by atoms with Gasteiger partial charge in [0.2, 0.25) is 6.79 Å². The topological polar surface area (TPSA) is 68.5 Å². The van der Waals surface area contributed by atoms with Crippen LogP contribution >= 0.6 is 0 Å². The summed E-state index contributed by atoms with van der Waals surface area (Å²) >= 11 is 0. The first-order valence-corrected chi connectivity index (χ1v) is 8.69. The van der Waals surface area contributed by atoms with Gasteiger partial charge in [0.05, 0.1) is 46.9 Å². The standard InChI is InChI=1S/C21H16N2O4/c1-24-10-7-13-16(14(8-10)25-2)17-19(23-13)18-15(20-21(17)27-9-26-20)11-5-3-4-6-12(11)22-18/h3-8,22-23H,9H2,1-2H3. The lowest BCUT2D eigenvalue weighted by molar-refractivity contribution is 0.176. The third kappa shape index (κ3) is 1.74. The van der Waals surface area contributed by atoms with Gasteiger partial charge in [-0.05, 0) is 6.07 Å². The van der Waals surface area contributed by atoms with Crippen LogP contribution in [0.25, 0.3) is 43.6 Å². The molecule has 0 amide bonds. The predicted molar refractivity (Wildman–Crippen MR) is 104 cm³/mol. The van der Waals surface area contributed by atoms with Crippen molar-refractivity contribution < 1.29 is 18.9 Å². The first kappa shape index (κ1) is 14.6. The average molecular weight is 360 g/mol. The molecule has 6 heteroatoms. The number of aromatic nitrogens is 2. The van der Waals surface area contributed by atoms with Gasteiger partial charge >= 0.3 is 0 Å². The molecule has 0 unspecified atom stereocenters. The molecular formula is C21H16N2O4. The van der Waals surface area contributed by atoms with E-state index in [4.69, 9.17) is 18.9 Å². The van der Waals surface area contributed by atoms with Gasteiger partial charge < -0.3 is 28.9 Å². The lowest BCUT2D eigenvalue weighted by Gasteiger charge is -2.07. The van der Waals surface area contributed by atoms with Crippen molar-refractivity contribution in [1.29, 1.82) is 0 Å². The van der Waals surface area contributed by atoms with E-state index in [1.807, 2.05) is 24.3 Å². The Morgan fingerprint density at radius 3 is 2.37 bits per heavy atom. The summed E-state index contributed by atoms with van der Waals surface area (Å²) in [5.41, 5.74) is 3.94. The van der Waals surface area contributed by atoms with Crippen LogP contribution in [-0.2, 0) is 0 Å². The minimum atomic E-state index is 0.203. The maximum atomic E-state index is 5.92. The molecule has 0 aliphatic carbocycles. The molecule has 27 heavy (non-hydrogen) atoms. The van der Waals surface area contributed by atoms with E-state index in [0.717, 1.165) is 66.6 Å². The SMILES string of the molecule is COc1cc(OC)c2c(c1)[nH]c1c3[nH]c4ccccc4c3c3c(c12)OCO3. The van der Waals surface area contributed by atoms with Crippen LogP contribution < -0.4 is 18.9 Å². The molecule has 3 heterocycles. The predicted octanol–water partition coefficient (Wildman–Crippen LogP) is 4.70. The Bertz CT molecular complexity index is 1380. The summed E-state index contributed by atoms with van der Waals surface area (Å²) in [4.78, 5) is 7.07. The fourth-order valence-electron chi connectivity index (χ4n) is 4.18. The molecule has 0 spiro atoms. The van der Waals surface area contributed by atoms with Crippen LogP contribution in [0.4, 0.5) is 0 Å². The molecule has 3 aromatic carbocycles. The molecule has 0 radical (unpaired) electrons. The van der Waals surface area contributed by atoms with Gasteiger partial charge in [-0.2, -0.15) is 0 Å². The summed E-state index contributed by atoms with van der Waals surface area (Å²) in [6, 6.07) is 12.1. The number of nitrogens with one attached hydrogen (secondary N) is 2. The Morgan fingerprint density at radius 1 is 0.815 bits per heavy atom. The zero-order valence-corrected chi connectivity index (χ0v) is 14.8. The monoisotopic (exact) mass is 360 g/mol. The zero-order valence-electron chi connectivity index (χ0n) is 14.8. The molecule has 0 fully saturated rings. The van der Waals surface area contributed by atoms with E-state index >= 15 is 0 Å². The number of benzene rings is 3. The molecule has 1 aliphatic rings. The third-order valence-electron chi connectivity index (χ3n) is 5.31. The van der Waals surface area contributed by atoms with Gasteiger partial charge in [-0.3, -0.25) is 0 Å². The van der Waals surface area contributed by atoms with Crippen molar-refractivity contribution in [3.63, 3.8) is 0 Å². The maximum absolute atomic E-state index is 5.92. The Morgan fingerprint density at radius 2 is 1.56 bits per heavy atom. The lowest BCUT2D eigenvalue weighted by Crippen LogP contribution is -1.93. The molecule has 2 aromatic heterocycles. The third-order valence-corrected chi connectivity index (χ3v) is 5.31. The maximum Gasteiger partial charge on any atom is 0.231 e. The summed E-state index contributed by atoms with van der Waals surface area (Å²) in [5.74, 6) is 2.97. The second kappa shape index (κ2) is 5.01. The number of H-pyrrole nitrogens is 2. The van der Waals surface area contributed by atoms with Crippen molar-refractivity contribution in [2.45, 2.75) is 0 Å². The number of para-hydroxylation sites is 1. The number of fused-ring (bicyclic) bond motifs is 10. The Kier molecular flexibility index (Phi) is 2.71. The fraction of sp³-hybridized carbons (Fsp3) is 0.143. The van der Waals surface area contributed by atoms with Gasteiger partial charge in [0.1, 0.15) is 11.5 Å². The lowest BCUT2D eigenvalue weighted by atomic mass is 10.1. The molecule has 1 aliphatic heterocycles. The second-order valence-corrected chi connectivity index (χ2v) is 6.61. The zero-order chi connectivity index (χ0) is 18.1. The van der Waals surface area contributed by atoms with E-state index in [0.29, 0.717) is 0 Å². The highest BCUT2D eigenvalue weighted by Crippen LogP contribution is 2.52. The van der Waals surface area contributed by atoms with Crippen LogP contribution in [0.2, 0.25) is 0 Å². The van der Waals surface area contributed by atoms with Crippen LogP contribution in [0.1, 0.15) is 0 Å². The van der Waals surface area contributed by atoms with Crippen LogP contribution in [0.5, 0.6) is 23.0 Å². The molecule has 0 saturated carbocycles. The quantitative estimate of drug-likeness (QED) is 0.479. The highest BCUT2D eigenvalue weighted by Gasteiger charge is 2.28. The first-order valence-electron chi connectivity index (χ1n) is 8.69. The highest BCUT2D eigenvalue weighted by atomic mass is 16.7. The minimum absolute atomic E-state index is 0.203. The molecule has 0 atom stereocenters. The number of rotatable bonds is 2. The number of hydrogen-bond acceptors (Lipinski definition) is 4. The molecular weight excluding hydrogens is 344 g/mol. The summed E-state index contributed by atoms with van der Waals surface area (Å²) in [6.45, 7) is 0.203. The van der Waals surface area contributed by atoms with Crippen molar-refractivity contribution in [3.05, 3.63) is 36.4 Å². The Balaban J connectivity index is 1.91. The number of aromatic amines is 2. The van der Waals surface area contributed by atoms with Crippen LogP contribution in [-0.4, -0.2) is 31.0 Å². The van der Waals surface area contributed by atoms with Crippen molar-refractivity contribution in [2.75, 3.05) is 21.0 Å². The normalized spacial score (nSPS) is 13.3. The van der Waals surface area contributed by atoms with Gasteiger partial charge in [0.25, 0.3) is 0 Å². The molecule has 6 rings (SSSR count). The van der Waals surface area contributed by atoms with Crippen molar-refractivity contribution in [2.24, 2.45) is 0 Å². The largest absolute Gasteiger partial charge is 0.497 e. The number of methoxy groups -OCH3 is 2. The van der Waals surface area contributed by atoms with Crippen LogP contribution in [0, 0.1) is 0 Å². The molecule has 6 nitrogen and oxygen atoms in total. The van der Waals surface area contributed by atoms with E-state index in [1.165, 1.54) is 0 Å². The molecule has 5 aromatic rings. The second-order valence-electron chi connectivity index (χ2n) is 6.61. The summed E-state index contributed by atoms with van der Waals surface area (Å²) < 4.78 is 22.9. The fourth-order valence-corrected chi connectivity index (χ4v) is 4.18. The van der Waals surface area contributed by atoms with Crippen molar-refractivity contribution in [3.8, 4) is 23.0 Å². The van der Waals surface area contributed by atoms with Crippen LogP contribution in [0.3, 0.4) is 0 Å². The minimum Gasteiger partial charge on any atom is -0.497 e. The van der Waals surface area contributed by atoms with Crippen LogP contribution in [0.15, 0.2) is 36.4 Å².